The average Bonchev–Trinajstić information content (AvgIpc) is 2.00. The van der Waals surface area contributed by atoms with Crippen molar-refractivity contribution in [1.82, 2.24) is 5.32 Å². The number of hydrogen-bond donors (Lipinski definition) is 2. The van der Waals surface area contributed by atoms with Crippen LogP contribution in [0, 0.1) is 5.92 Å². The third kappa shape index (κ3) is 4.49. The third-order valence-electron chi connectivity index (χ3n) is 1.36. The number of amides is 1. The molecule has 0 aromatic rings. The van der Waals surface area contributed by atoms with Crippen molar-refractivity contribution in [2.24, 2.45) is 5.92 Å². The molecular weight excluding hydrogens is 158 g/mol. The molecule has 1 unspecified atom stereocenters. The van der Waals surface area contributed by atoms with Crippen LogP contribution in [-0.4, -0.2) is 23.5 Å². The van der Waals surface area contributed by atoms with Crippen LogP contribution in [0.4, 0.5) is 0 Å². The second-order valence-electron chi connectivity index (χ2n) is 2.54. The lowest BCUT2D eigenvalue weighted by Gasteiger charge is -2.05. The maximum atomic E-state index is 10.9. The Kier molecular flexibility index (Phi) is 4.76. The number of carboxylic acid groups (broad SMARTS) is 1. The van der Waals surface area contributed by atoms with Gasteiger partial charge < -0.3 is 10.4 Å². The van der Waals surface area contributed by atoms with E-state index in [1.54, 1.807) is 6.08 Å². The van der Waals surface area contributed by atoms with Crippen molar-refractivity contribution in [1.29, 1.82) is 0 Å². The van der Waals surface area contributed by atoms with Crippen molar-refractivity contribution in [3.63, 3.8) is 0 Å². The molecule has 68 valence electrons. The highest BCUT2D eigenvalue weighted by Crippen LogP contribution is 2.00. The molecule has 2 N–H and O–H groups in total. The van der Waals surface area contributed by atoms with E-state index in [0.717, 1.165) is 0 Å². The highest BCUT2D eigenvalue weighted by molar-refractivity contribution is 5.81. The average molecular weight is 171 g/mol. The van der Waals surface area contributed by atoms with E-state index < -0.39 is 11.9 Å². The van der Waals surface area contributed by atoms with E-state index in [2.05, 4.69) is 11.9 Å². The molecule has 0 saturated heterocycles. The maximum Gasteiger partial charge on any atom is 0.306 e. The highest BCUT2D eigenvalue weighted by atomic mass is 16.4. The van der Waals surface area contributed by atoms with E-state index in [1.807, 2.05) is 0 Å². The molecule has 0 spiro atoms. The van der Waals surface area contributed by atoms with Crippen molar-refractivity contribution in [3.8, 4) is 0 Å². The smallest absolute Gasteiger partial charge is 0.306 e. The van der Waals surface area contributed by atoms with Crippen LogP contribution in [0.5, 0.6) is 0 Å². The molecule has 0 aromatic carbocycles. The minimum Gasteiger partial charge on any atom is -0.481 e. The van der Waals surface area contributed by atoms with Crippen molar-refractivity contribution in [2.75, 3.05) is 6.54 Å². The summed E-state index contributed by atoms with van der Waals surface area (Å²) in [6.45, 7) is 5.29. The Hall–Kier alpha value is -1.32. The van der Waals surface area contributed by atoms with E-state index in [0.29, 0.717) is 6.54 Å². The summed E-state index contributed by atoms with van der Waals surface area (Å²) in [6, 6.07) is 0. The molecule has 0 aliphatic heterocycles. The van der Waals surface area contributed by atoms with Gasteiger partial charge in [-0.05, 0) is 0 Å². The third-order valence-corrected chi connectivity index (χ3v) is 1.36. The lowest BCUT2D eigenvalue weighted by Crippen LogP contribution is -2.27. The number of hydrogen-bond acceptors (Lipinski definition) is 2. The highest BCUT2D eigenvalue weighted by Gasteiger charge is 2.14. The maximum absolute atomic E-state index is 10.9. The van der Waals surface area contributed by atoms with Crippen LogP contribution in [-0.2, 0) is 9.59 Å². The fourth-order valence-electron chi connectivity index (χ4n) is 0.624. The van der Waals surface area contributed by atoms with E-state index in [-0.39, 0.29) is 12.3 Å². The zero-order valence-electron chi connectivity index (χ0n) is 7.04. The number of carboxylic acids is 1. The van der Waals surface area contributed by atoms with E-state index in [9.17, 15) is 9.59 Å². The molecule has 1 amide bonds. The summed E-state index contributed by atoms with van der Waals surface area (Å²) >= 11 is 0. The fourth-order valence-corrected chi connectivity index (χ4v) is 0.624. The second kappa shape index (κ2) is 5.35. The van der Waals surface area contributed by atoms with Gasteiger partial charge in [0.2, 0.25) is 5.91 Å². The minimum absolute atomic E-state index is 0.0170. The van der Waals surface area contributed by atoms with Crippen LogP contribution in [0.25, 0.3) is 0 Å². The van der Waals surface area contributed by atoms with Crippen LogP contribution >= 0.6 is 0 Å². The normalized spacial score (nSPS) is 11.8. The molecule has 0 radical (unpaired) electrons. The van der Waals surface area contributed by atoms with Gasteiger partial charge in [0.15, 0.2) is 0 Å². The van der Waals surface area contributed by atoms with Gasteiger partial charge in [-0.3, -0.25) is 9.59 Å². The first-order valence-electron chi connectivity index (χ1n) is 3.68. The van der Waals surface area contributed by atoms with Crippen molar-refractivity contribution in [2.45, 2.75) is 13.3 Å². The summed E-state index contributed by atoms with van der Waals surface area (Å²) in [6.07, 6.45) is 1.56. The zero-order valence-corrected chi connectivity index (χ0v) is 7.04. The molecule has 12 heavy (non-hydrogen) atoms. The van der Waals surface area contributed by atoms with Gasteiger partial charge >= 0.3 is 5.97 Å². The fraction of sp³-hybridized carbons (Fsp3) is 0.500. The number of rotatable bonds is 5. The Morgan fingerprint density at radius 1 is 1.67 bits per heavy atom. The molecule has 1 atom stereocenters. The van der Waals surface area contributed by atoms with Gasteiger partial charge in [0, 0.05) is 13.0 Å². The Morgan fingerprint density at radius 3 is 2.67 bits per heavy atom. The first kappa shape index (κ1) is 10.7. The second-order valence-corrected chi connectivity index (χ2v) is 2.54. The lowest BCUT2D eigenvalue weighted by molar-refractivity contribution is -0.143. The molecule has 4 nitrogen and oxygen atoms in total. The first-order chi connectivity index (χ1) is 5.57. The topological polar surface area (TPSA) is 66.4 Å². The summed E-state index contributed by atoms with van der Waals surface area (Å²) < 4.78 is 0. The van der Waals surface area contributed by atoms with Gasteiger partial charge in [-0.1, -0.05) is 13.0 Å². The van der Waals surface area contributed by atoms with E-state index in [1.165, 1.54) is 6.92 Å². The summed E-state index contributed by atoms with van der Waals surface area (Å²) in [5, 5.41) is 11.0. The van der Waals surface area contributed by atoms with Gasteiger partial charge in [0.25, 0.3) is 0 Å². The summed E-state index contributed by atoms with van der Waals surface area (Å²) in [5.74, 6) is -1.84. The van der Waals surface area contributed by atoms with Crippen LogP contribution < -0.4 is 5.32 Å². The van der Waals surface area contributed by atoms with Gasteiger partial charge in [0.1, 0.15) is 0 Å². The molecule has 0 fully saturated rings. The van der Waals surface area contributed by atoms with E-state index in [4.69, 9.17) is 5.11 Å². The largest absolute Gasteiger partial charge is 0.481 e. The molecule has 0 aliphatic rings. The number of nitrogens with one attached hydrogen (secondary N) is 1. The number of carbonyl (C=O) groups is 2. The van der Waals surface area contributed by atoms with Crippen molar-refractivity contribution in [3.05, 3.63) is 12.7 Å². The van der Waals surface area contributed by atoms with Crippen LogP contribution in [0.1, 0.15) is 13.3 Å². The van der Waals surface area contributed by atoms with Gasteiger partial charge in [-0.25, -0.2) is 0 Å². The van der Waals surface area contributed by atoms with Crippen molar-refractivity contribution >= 4 is 11.9 Å². The van der Waals surface area contributed by atoms with E-state index >= 15 is 0 Å². The molecule has 0 aromatic heterocycles. The SMILES string of the molecule is C=CCNC(=O)CC(C)C(=O)O. The zero-order chi connectivity index (χ0) is 9.56. The van der Waals surface area contributed by atoms with Gasteiger partial charge in [-0.15, -0.1) is 6.58 Å². The quantitative estimate of drug-likeness (QED) is 0.588. The monoisotopic (exact) mass is 171 g/mol. The molecule has 0 bridgehead atoms. The standard InChI is InChI=1S/C8H13NO3/c1-3-4-9-7(10)5-6(2)8(11)12/h3,6H,1,4-5H2,2H3,(H,9,10)(H,11,12). The first-order valence-corrected chi connectivity index (χ1v) is 3.68. The predicted octanol–water partition coefficient (Wildman–Crippen LogP) is 0.399. The number of aliphatic carboxylic acids is 1. The molecular formula is C8H13NO3. The van der Waals surface area contributed by atoms with Crippen LogP contribution in [0.3, 0.4) is 0 Å². The Bertz CT molecular complexity index is 189. The molecule has 0 heterocycles. The molecule has 0 aliphatic carbocycles. The molecule has 0 saturated carbocycles. The van der Waals surface area contributed by atoms with Gasteiger partial charge in [0.05, 0.1) is 5.92 Å². The molecule has 0 rings (SSSR count). The summed E-state index contributed by atoms with van der Waals surface area (Å²) in [4.78, 5) is 21.2. The van der Waals surface area contributed by atoms with Gasteiger partial charge in [-0.2, -0.15) is 0 Å². The summed E-state index contributed by atoms with van der Waals surface area (Å²) in [5.41, 5.74) is 0. The lowest BCUT2D eigenvalue weighted by atomic mass is 10.1. The minimum atomic E-state index is -0.955. The summed E-state index contributed by atoms with van der Waals surface area (Å²) in [7, 11) is 0. The van der Waals surface area contributed by atoms with Crippen molar-refractivity contribution < 1.29 is 14.7 Å². The Labute approximate surface area is 71.3 Å². The predicted molar refractivity (Wildman–Crippen MR) is 44.6 cm³/mol. The number of carbonyl (C=O) groups excluding carboxylic acids is 1. The molecule has 4 heteroatoms. The Balaban J connectivity index is 3.68. The van der Waals surface area contributed by atoms with Crippen LogP contribution in [0.15, 0.2) is 12.7 Å². The van der Waals surface area contributed by atoms with Crippen LogP contribution in [0.2, 0.25) is 0 Å². The Morgan fingerprint density at radius 2 is 2.25 bits per heavy atom.